The molecular formula is C26H29N3O5. The van der Waals surface area contributed by atoms with Gasteiger partial charge in [0.05, 0.1) is 13.2 Å². The molecule has 0 saturated carbocycles. The molecule has 0 aliphatic carbocycles. The van der Waals surface area contributed by atoms with Crippen LogP contribution in [-0.4, -0.2) is 59.8 Å². The highest BCUT2D eigenvalue weighted by Gasteiger charge is 2.25. The van der Waals surface area contributed by atoms with Crippen LogP contribution < -0.4 is 9.47 Å². The minimum atomic E-state index is -0.262. The quantitative estimate of drug-likeness (QED) is 0.462. The molecule has 0 N–H and O–H groups in total. The second-order valence-electron chi connectivity index (χ2n) is 8.13. The predicted molar refractivity (Wildman–Crippen MR) is 126 cm³/mol. The molecule has 1 aliphatic rings. The summed E-state index contributed by atoms with van der Waals surface area (Å²) < 4.78 is 17.9. The minimum Gasteiger partial charge on any atom is -0.454 e. The number of amides is 2. The lowest BCUT2D eigenvalue weighted by Crippen LogP contribution is -2.43. The van der Waals surface area contributed by atoms with Crippen LogP contribution >= 0.6 is 0 Å². The van der Waals surface area contributed by atoms with Crippen molar-refractivity contribution in [1.29, 1.82) is 0 Å². The smallest absolute Gasteiger partial charge is 0.254 e. The van der Waals surface area contributed by atoms with Gasteiger partial charge in [-0.15, -0.1) is 0 Å². The molecule has 0 saturated heterocycles. The number of nitrogens with zero attached hydrogens (tertiary/aromatic N) is 3. The number of hydrogen-bond acceptors (Lipinski definition) is 5. The summed E-state index contributed by atoms with van der Waals surface area (Å²) in [5, 5.41) is 0. The Bertz CT molecular complexity index is 1130. The molecule has 2 aromatic carbocycles. The number of aromatic nitrogens is 1. The molecule has 4 rings (SSSR count). The lowest BCUT2D eigenvalue weighted by atomic mass is 10.1. The predicted octanol–water partition coefficient (Wildman–Crippen LogP) is 3.07. The Labute approximate surface area is 199 Å². The third-order valence-corrected chi connectivity index (χ3v) is 5.77. The van der Waals surface area contributed by atoms with Crippen LogP contribution in [0.5, 0.6) is 11.5 Å². The number of rotatable bonds is 10. The first kappa shape index (κ1) is 23.4. The first-order chi connectivity index (χ1) is 16.5. The Morgan fingerprint density at radius 1 is 0.971 bits per heavy atom. The summed E-state index contributed by atoms with van der Waals surface area (Å²) in [6.07, 6.45) is 1.95. The van der Waals surface area contributed by atoms with Gasteiger partial charge in [-0.1, -0.05) is 30.3 Å². The zero-order chi connectivity index (χ0) is 23.9. The fourth-order valence-corrected chi connectivity index (χ4v) is 3.82. The Balaban J connectivity index is 1.54. The molecule has 1 aromatic heterocycles. The van der Waals surface area contributed by atoms with Crippen LogP contribution in [0.3, 0.4) is 0 Å². The molecule has 2 amide bonds. The molecular weight excluding hydrogens is 434 g/mol. The molecule has 0 fully saturated rings. The molecule has 34 heavy (non-hydrogen) atoms. The number of carbonyl (C=O) groups excluding carboxylic acids is 2. The summed E-state index contributed by atoms with van der Waals surface area (Å²) in [7, 11) is 3.52. The van der Waals surface area contributed by atoms with E-state index >= 15 is 0 Å². The van der Waals surface area contributed by atoms with E-state index in [1.165, 1.54) is 4.90 Å². The van der Waals surface area contributed by atoms with Gasteiger partial charge in [0.1, 0.15) is 6.54 Å². The largest absolute Gasteiger partial charge is 0.454 e. The molecule has 178 valence electrons. The first-order valence-electron chi connectivity index (χ1n) is 11.1. The van der Waals surface area contributed by atoms with E-state index in [9.17, 15) is 9.59 Å². The van der Waals surface area contributed by atoms with E-state index in [2.05, 4.69) is 0 Å². The highest BCUT2D eigenvalue weighted by atomic mass is 16.7. The van der Waals surface area contributed by atoms with Crippen LogP contribution in [-0.2, 0) is 29.7 Å². The third kappa shape index (κ3) is 5.58. The first-order valence-corrected chi connectivity index (χ1v) is 11.1. The van der Waals surface area contributed by atoms with Crippen molar-refractivity contribution in [1.82, 2.24) is 14.4 Å². The van der Waals surface area contributed by atoms with Crippen molar-refractivity contribution in [3.63, 3.8) is 0 Å². The van der Waals surface area contributed by atoms with Crippen molar-refractivity contribution in [2.75, 3.05) is 33.6 Å². The molecule has 3 aromatic rings. The zero-order valence-corrected chi connectivity index (χ0v) is 19.5. The molecule has 0 spiro atoms. The summed E-state index contributed by atoms with van der Waals surface area (Å²) in [4.78, 5) is 30.2. The van der Waals surface area contributed by atoms with E-state index in [-0.39, 0.29) is 25.2 Å². The summed E-state index contributed by atoms with van der Waals surface area (Å²) in [5.74, 6) is 0.725. The van der Waals surface area contributed by atoms with E-state index in [1.54, 1.807) is 30.2 Å². The van der Waals surface area contributed by atoms with E-state index in [1.807, 2.05) is 60.3 Å². The molecule has 8 heteroatoms. The Kier molecular flexibility index (Phi) is 7.49. The SMILES string of the molecule is COCCN(CC(=O)N(Cc1ccccc1)Cc1cccn1C)C(=O)c1ccc2c(c1)OCO2. The Hall–Kier alpha value is -3.78. The summed E-state index contributed by atoms with van der Waals surface area (Å²) in [5.41, 5.74) is 2.47. The van der Waals surface area contributed by atoms with E-state index in [0.29, 0.717) is 43.3 Å². The number of benzene rings is 2. The summed E-state index contributed by atoms with van der Waals surface area (Å²) in [6.45, 7) is 1.56. The topological polar surface area (TPSA) is 73.2 Å². The lowest BCUT2D eigenvalue weighted by Gasteiger charge is -2.28. The number of methoxy groups -OCH3 is 1. The second-order valence-corrected chi connectivity index (χ2v) is 8.13. The molecule has 0 atom stereocenters. The molecule has 2 heterocycles. The van der Waals surface area contributed by atoms with Crippen molar-refractivity contribution in [2.24, 2.45) is 7.05 Å². The van der Waals surface area contributed by atoms with Crippen LogP contribution in [0.15, 0.2) is 66.9 Å². The number of aryl methyl sites for hydroxylation is 1. The van der Waals surface area contributed by atoms with Gasteiger partial charge in [0, 0.05) is 44.7 Å². The van der Waals surface area contributed by atoms with Crippen LogP contribution in [0.25, 0.3) is 0 Å². The van der Waals surface area contributed by atoms with Crippen LogP contribution in [0.1, 0.15) is 21.6 Å². The fraction of sp³-hybridized carbons (Fsp3) is 0.308. The average molecular weight is 464 g/mol. The van der Waals surface area contributed by atoms with Gasteiger partial charge in [-0.25, -0.2) is 0 Å². The van der Waals surface area contributed by atoms with Crippen LogP contribution in [0.2, 0.25) is 0 Å². The number of ether oxygens (including phenoxy) is 3. The third-order valence-electron chi connectivity index (χ3n) is 5.77. The van der Waals surface area contributed by atoms with E-state index in [0.717, 1.165) is 11.3 Å². The van der Waals surface area contributed by atoms with Gasteiger partial charge in [-0.2, -0.15) is 0 Å². The van der Waals surface area contributed by atoms with Gasteiger partial charge in [-0.05, 0) is 35.9 Å². The van der Waals surface area contributed by atoms with Crippen molar-refractivity contribution in [3.8, 4) is 11.5 Å². The maximum atomic E-state index is 13.5. The van der Waals surface area contributed by atoms with Crippen LogP contribution in [0.4, 0.5) is 0 Å². The summed E-state index contributed by atoms with van der Waals surface area (Å²) in [6, 6.07) is 18.8. The highest BCUT2D eigenvalue weighted by Crippen LogP contribution is 2.32. The molecule has 0 radical (unpaired) electrons. The van der Waals surface area contributed by atoms with Crippen molar-refractivity contribution in [3.05, 3.63) is 83.7 Å². The number of carbonyl (C=O) groups is 2. The van der Waals surface area contributed by atoms with Crippen molar-refractivity contribution < 1.29 is 23.8 Å². The van der Waals surface area contributed by atoms with Gasteiger partial charge in [0.15, 0.2) is 11.5 Å². The van der Waals surface area contributed by atoms with E-state index in [4.69, 9.17) is 14.2 Å². The average Bonchev–Trinajstić information content (AvgIpc) is 3.49. The maximum Gasteiger partial charge on any atom is 0.254 e. The minimum absolute atomic E-state index is 0.0616. The van der Waals surface area contributed by atoms with Crippen LogP contribution in [0, 0.1) is 0 Å². The van der Waals surface area contributed by atoms with E-state index < -0.39 is 0 Å². The Morgan fingerprint density at radius 2 is 1.76 bits per heavy atom. The molecule has 0 unspecified atom stereocenters. The van der Waals surface area contributed by atoms with Gasteiger partial charge in [-0.3, -0.25) is 9.59 Å². The fourth-order valence-electron chi connectivity index (χ4n) is 3.82. The van der Waals surface area contributed by atoms with Gasteiger partial charge in [0.25, 0.3) is 5.91 Å². The summed E-state index contributed by atoms with van der Waals surface area (Å²) >= 11 is 0. The standard InChI is InChI=1S/C26H29N3O5/c1-27-12-6-9-22(27)17-29(16-20-7-4-3-5-8-20)25(30)18-28(13-14-32-2)26(31)21-10-11-23-24(15-21)34-19-33-23/h3-12,15H,13-14,16-19H2,1-2H3. The monoisotopic (exact) mass is 463 g/mol. The van der Waals surface area contributed by atoms with Crippen molar-refractivity contribution >= 4 is 11.8 Å². The number of hydrogen-bond donors (Lipinski definition) is 0. The molecule has 8 nitrogen and oxygen atoms in total. The highest BCUT2D eigenvalue weighted by molar-refractivity contribution is 5.97. The van der Waals surface area contributed by atoms with Gasteiger partial charge >= 0.3 is 0 Å². The second kappa shape index (κ2) is 10.9. The van der Waals surface area contributed by atoms with Gasteiger partial charge < -0.3 is 28.6 Å². The lowest BCUT2D eigenvalue weighted by molar-refractivity contribution is -0.133. The molecule has 1 aliphatic heterocycles. The Morgan fingerprint density at radius 3 is 2.50 bits per heavy atom. The maximum absolute atomic E-state index is 13.5. The van der Waals surface area contributed by atoms with Gasteiger partial charge in [0.2, 0.25) is 12.7 Å². The number of fused-ring (bicyclic) bond motifs is 1. The molecule has 0 bridgehead atoms. The normalized spacial score (nSPS) is 11.9. The van der Waals surface area contributed by atoms with Crippen molar-refractivity contribution in [2.45, 2.75) is 13.1 Å². The zero-order valence-electron chi connectivity index (χ0n) is 19.5.